The van der Waals surface area contributed by atoms with Crippen LogP contribution >= 0.6 is 22.9 Å². The van der Waals surface area contributed by atoms with Crippen molar-refractivity contribution in [3.63, 3.8) is 0 Å². The molecule has 34 heavy (non-hydrogen) atoms. The second-order valence-corrected chi connectivity index (χ2v) is 8.94. The fourth-order valence-corrected chi connectivity index (χ4v) is 4.77. The highest BCUT2D eigenvalue weighted by molar-refractivity contribution is 7.07. The Morgan fingerprint density at radius 2 is 1.65 bits per heavy atom. The van der Waals surface area contributed by atoms with Gasteiger partial charge >= 0.3 is 0 Å². The topological polar surface area (TPSA) is 74.9 Å². The Morgan fingerprint density at radius 1 is 1.03 bits per heavy atom. The molecule has 0 bridgehead atoms. The molecule has 168 valence electrons. The summed E-state index contributed by atoms with van der Waals surface area (Å²) in [5.74, 6) is -0.547. The smallest absolute Gasteiger partial charge is 0.273 e. The molecular formula is C27H20ClN3O2S. The van der Waals surface area contributed by atoms with Crippen LogP contribution in [-0.4, -0.2) is 10.5 Å². The Balaban J connectivity index is 1.91. The number of amides is 1. The molecule has 1 aromatic heterocycles. The van der Waals surface area contributed by atoms with E-state index in [0.29, 0.717) is 20.8 Å². The first-order chi connectivity index (χ1) is 16.5. The Labute approximate surface area is 205 Å². The number of aromatic nitrogens is 1. The van der Waals surface area contributed by atoms with Gasteiger partial charge in [-0.05, 0) is 42.3 Å². The molecule has 4 rings (SSSR count). The molecule has 1 amide bonds. The number of nitrogens with zero attached hydrogens (tertiary/aromatic N) is 2. The van der Waals surface area contributed by atoms with Crippen molar-refractivity contribution < 1.29 is 4.79 Å². The molecule has 7 heteroatoms. The molecule has 1 heterocycles. The molecule has 5 nitrogen and oxygen atoms in total. The van der Waals surface area contributed by atoms with Crippen LogP contribution in [0, 0.1) is 11.3 Å². The van der Waals surface area contributed by atoms with Gasteiger partial charge in [0.05, 0.1) is 16.3 Å². The van der Waals surface area contributed by atoms with E-state index in [4.69, 9.17) is 11.6 Å². The lowest BCUT2D eigenvalue weighted by molar-refractivity contribution is -0.116. The molecule has 0 fully saturated rings. The second kappa shape index (κ2) is 10.3. The number of nitriles is 1. The normalized spacial score (nSPS) is 13.1. The van der Waals surface area contributed by atoms with Crippen LogP contribution in [0.15, 0.2) is 89.7 Å². The molecule has 0 spiro atoms. The minimum absolute atomic E-state index is 0.132. The fraction of sp³-hybridized carbons (Fsp3) is 0.0741. The molecule has 1 atom stereocenters. The first kappa shape index (κ1) is 23.2. The van der Waals surface area contributed by atoms with E-state index < -0.39 is 5.91 Å². The molecule has 1 N–H and O–H groups in total. The minimum Gasteiger partial charge on any atom is -0.345 e. The number of carbonyl (C=O) groups excluding carboxylic acids is 1. The highest BCUT2D eigenvalue weighted by atomic mass is 35.5. The Bertz CT molecular complexity index is 1550. The van der Waals surface area contributed by atoms with Crippen LogP contribution in [0.1, 0.15) is 24.1 Å². The lowest BCUT2D eigenvalue weighted by atomic mass is 10.1. The van der Waals surface area contributed by atoms with Crippen LogP contribution in [0.2, 0.25) is 5.02 Å². The van der Waals surface area contributed by atoms with E-state index >= 15 is 0 Å². The first-order valence-corrected chi connectivity index (χ1v) is 11.7. The fourth-order valence-electron chi connectivity index (χ4n) is 3.48. The summed E-state index contributed by atoms with van der Waals surface area (Å²) >= 11 is 7.37. The highest BCUT2D eigenvalue weighted by Gasteiger charge is 2.19. The third kappa shape index (κ3) is 4.86. The van der Waals surface area contributed by atoms with Gasteiger partial charge in [-0.25, -0.2) is 0 Å². The molecule has 4 aromatic rings. The summed E-state index contributed by atoms with van der Waals surface area (Å²) in [7, 11) is 0. The molecule has 0 aliphatic heterocycles. The average molecular weight is 486 g/mol. The van der Waals surface area contributed by atoms with E-state index in [0.717, 1.165) is 16.9 Å². The average Bonchev–Trinajstić information content (AvgIpc) is 3.17. The van der Waals surface area contributed by atoms with Crippen LogP contribution < -0.4 is 20.1 Å². The predicted molar refractivity (Wildman–Crippen MR) is 136 cm³/mol. The molecule has 0 aliphatic rings. The van der Waals surface area contributed by atoms with E-state index in [9.17, 15) is 14.9 Å². The molecule has 0 saturated carbocycles. The summed E-state index contributed by atoms with van der Waals surface area (Å²) in [5.41, 5.74) is 1.69. The van der Waals surface area contributed by atoms with Gasteiger partial charge in [-0.15, -0.1) is 11.3 Å². The summed E-state index contributed by atoms with van der Waals surface area (Å²) < 4.78 is 2.02. The van der Waals surface area contributed by atoms with Gasteiger partial charge in [0.25, 0.3) is 11.5 Å². The third-order valence-electron chi connectivity index (χ3n) is 5.23. The first-order valence-electron chi connectivity index (χ1n) is 10.5. The third-order valence-corrected chi connectivity index (χ3v) is 6.67. The van der Waals surface area contributed by atoms with E-state index in [1.807, 2.05) is 61.5 Å². The van der Waals surface area contributed by atoms with Crippen molar-refractivity contribution in [3.05, 3.63) is 121 Å². The van der Waals surface area contributed by atoms with Crippen molar-refractivity contribution in [2.45, 2.75) is 13.0 Å². The number of nitrogens with one attached hydrogen (secondary N) is 1. The Kier molecular flexibility index (Phi) is 7.07. The number of halogens is 1. The zero-order valence-corrected chi connectivity index (χ0v) is 19.8. The minimum atomic E-state index is -0.547. The number of para-hydroxylation sites is 1. The van der Waals surface area contributed by atoms with Crippen molar-refractivity contribution in [3.8, 4) is 11.8 Å². The van der Waals surface area contributed by atoms with Gasteiger partial charge in [0, 0.05) is 5.02 Å². The van der Waals surface area contributed by atoms with Crippen LogP contribution in [0.3, 0.4) is 0 Å². The zero-order chi connectivity index (χ0) is 24.1. The maximum absolute atomic E-state index is 13.4. The molecule has 0 saturated heterocycles. The van der Waals surface area contributed by atoms with Gasteiger partial charge in [0.15, 0.2) is 5.57 Å². The summed E-state index contributed by atoms with van der Waals surface area (Å²) in [6.45, 7) is 1.84. The monoisotopic (exact) mass is 485 g/mol. The van der Waals surface area contributed by atoms with Gasteiger partial charge in [0.1, 0.15) is 10.7 Å². The number of thiazole rings is 1. The van der Waals surface area contributed by atoms with Gasteiger partial charge in [0.2, 0.25) is 0 Å². The van der Waals surface area contributed by atoms with E-state index in [1.54, 1.807) is 42.5 Å². The SMILES string of the molecule is C[C@H](NC(=O)/C(C#N)=c1\s/c(=C/c2ccccc2Cl)c(=O)n1-c1ccccc1)c1ccccc1. The van der Waals surface area contributed by atoms with Gasteiger partial charge in [-0.3, -0.25) is 14.2 Å². The van der Waals surface area contributed by atoms with Crippen molar-refractivity contribution in [1.82, 2.24) is 9.88 Å². The van der Waals surface area contributed by atoms with Gasteiger partial charge in [-0.1, -0.05) is 78.3 Å². The van der Waals surface area contributed by atoms with Crippen LogP contribution in [0.5, 0.6) is 0 Å². The van der Waals surface area contributed by atoms with Crippen LogP contribution in [0.25, 0.3) is 17.3 Å². The summed E-state index contributed by atoms with van der Waals surface area (Å²) in [4.78, 5) is 26.6. The molecule has 0 aliphatic carbocycles. The lowest BCUT2D eigenvalue weighted by Gasteiger charge is -2.13. The highest BCUT2D eigenvalue weighted by Crippen LogP contribution is 2.15. The van der Waals surface area contributed by atoms with Crippen molar-refractivity contribution >= 4 is 40.5 Å². The van der Waals surface area contributed by atoms with Crippen LogP contribution in [0.4, 0.5) is 0 Å². The maximum atomic E-state index is 13.4. The number of rotatable bonds is 5. The Hall–Kier alpha value is -3.92. The Morgan fingerprint density at radius 3 is 2.29 bits per heavy atom. The largest absolute Gasteiger partial charge is 0.345 e. The lowest BCUT2D eigenvalue weighted by Crippen LogP contribution is -2.34. The van der Waals surface area contributed by atoms with E-state index in [2.05, 4.69) is 5.32 Å². The number of benzene rings is 3. The number of carbonyl (C=O) groups is 1. The standard InChI is InChI=1S/C27H20ClN3O2S/c1-18(19-10-4-2-5-11-19)30-25(32)22(17-29)27-31(21-13-6-3-7-14-21)26(33)24(34-27)16-20-12-8-9-15-23(20)28/h2-16,18H,1H3,(H,30,32)/b24-16+,27-22-/t18-/m0/s1. The van der Waals surface area contributed by atoms with E-state index in [-0.39, 0.29) is 21.8 Å². The summed E-state index contributed by atoms with van der Waals surface area (Å²) in [6, 6.07) is 27.3. The predicted octanol–water partition coefficient (Wildman–Crippen LogP) is 3.93. The zero-order valence-electron chi connectivity index (χ0n) is 18.2. The molecule has 3 aromatic carbocycles. The summed E-state index contributed by atoms with van der Waals surface area (Å²) in [6.07, 6.45) is 1.68. The van der Waals surface area contributed by atoms with Gasteiger partial charge in [-0.2, -0.15) is 5.26 Å². The molecular weight excluding hydrogens is 466 g/mol. The number of hydrogen-bond acceptors (Lipinski definition) is 4. The van der Waals surface area contributed by atoms with Crippen molar-refractivity contribution in [1.29, 1.82) is 5.26 Å². The van der Waals surface area contributed by atoms with Crippen molar-refractivity contribution in [2.24, 2.45) is 0 Å². The van der Waals surface area contributed by atoms with Gasteiger partial charge < -0.3 is 5.32 Å². The van der Waals surface area contributed by atoms with E-state index in [1.165, 1.54) is 4.57 Å². The maximum Gasteiger partial charge on any atom is 0.273 e. The van der Waals surface area contributed by atoms with Crippen molar-refractivity contribution in [2.75, 3.05) is 0 Å². The van der Waals surface area contributed by atoms with Crippen LogP contribution in [-0.2, 0) is 4.79 Å². The quantitative estimate of drug-likeness (QED) is 0.465. The number of hydrogen-bond donors (Lipinski definition) is 1. The molecule has 0 unspecified atom stereocenters. The molecule has 0 radical (unpaired) electrons. The summed E-state index contributed by atoms with van der Waals surface area (Å²) in [5, 5.41) is 13.3. The second-order valence-electron chi connectivity index (χ2n) is 7.51.